The lowest BCUT2D eigenvalue weighted by atomic mass is 9.84. The van der Waals surface area contributed by atoms with Crippen molar-refractivity contribution in [3.05, 3.63) is 24.3 Å². The van der Waals surface area contributed by atoms with Gasteiger partial charge in [0.05, 0.1) is 18.9 Å². The Morgan fingerprint density at radius 3 is 1.87 bits per heavy atom. The largest absolute Gasteiger partial charge is 0.500 e. The SMILES string of the molecule is C=C(C)C(=O)OCC(COC(=O)C(=C)C)OC(=O)CCC(=O)OC1CC(CC[Si](OC)(OC)OC)CCC1O. The van der Waals surface area contributed by atoms with E-state index in [1.165, 1.54) is 13.8 Å². The molecule has 222 valence electrons. The van der Waals surface area contributed by atoms with Crippen molar-refractivity contribution in [1.29, 1.82) is 0 Å². The fourth-order valence-electron chi connectivity index (χ4n) is 3.90. The van der Waals surface area contributed by atoms with Crippen molar-refractivity contribution in [2.24, 2.45) is 5.92 Å². The number of aliphatic hydroxyl groups is 1. The van der Waals surface area contributed by atoms with Crippen LogP contribution >= 0.6 is 0 Å². The fraction of sp³-hybridized carbons (Fsp3) is 0.692. The van der Waals surface area contributed by atoms with E-state index < -0.39 is 51.0 Å². The van der Waals surface area contributed by atoms with Gasteiger partial charge in [0, 0.05) is 38.5 Å². The van der Waals surface area contributed by atoms with Crippen LogP contribution in [0.2, 0.25) is 6.04 Å². The van der Waals surface area contributed by atoms with E-state index in [2.05, 4.69) is 13.2 Å². The molecule has 0 radical (unpaired) electrons. The first-order chi connectivity index (χ1) is 18.4. The summed E-state index contributed by atoms with van der Waals surface area (Å²) in [6.07, 6.45) is -0.796. The number of rotatable bonds is 17. The highest BCUT2D eigenvalue weighted by molar-refractivity contribution is 6.60. The number of hydrogen-bond donors (Lipinski definition) is 1. The van der Waals surface area contributed by atoms with Crippen LogP contribution in [-0.2, 0) is 51.4 Å². The first-order valence-electron chi connectivity index (χ1n) is 12.7. The predicted octanol–water partition coefficient (Wildman–Crippen LogP) is 2.26. The van der Waals surface area contributed by atoms with Gasteiger partial charge in [-0.2, -0.15) is 0 Å². The molecule has 0 bridgehead atoms. The third kappa shape index (κ3) is 12.4. The third-order valence-electron chi connectivity index (χ3n) is 6.27. The summed E-state index contributed by atoms with van der Waals surface area (Å²) in [4.78, 5) is 48.2. The van der Waals surface area contributed by atoms with Gasteiger partial charge in [0.2, 0.25) is 0 Å². The van der Waals surface area contributed by atoms with Gasteiger partial charge in [0.15, 0.2) is 6.10 Å². The number of ether oxygens (including phenoxy) is 4. The van der Waals surface area contributed by atoms with Gasteiger partial charge in [0.1, 0.15) is 19.3 Å². The highest BCUT2D eigenvalue weighted by Gasteiger charge is 2.40. The van der Waals surface area contributed by atoms with Crippen LogP contribution in [0.15, 0.2) is 24.3 Å². The zero-order valence-corrected chi connectivity index (χ0v) is 24.5. The van der Waals surface area contributed by atoms with Gasteiger partial charge in [-0.05, 0) is 45.4 Å². The van der Waals surface area contributed by atoms with Gasteiger partial charge in [-0.3, -0.25) is 9.59 Å². The van der Waals surface area contributed by atoms with Gasteiger partial charge < -0.3 is 37.3 Å². The number of esters is 4. The highest BCUT2D eigenvalue weighted by atomic mass is 28.4. The minimum atomic E-state index is -2.73. The molecule has 1 aliphatic rings. The first kappa shape index (κ1) is 34.4. The Morgan fingerprint density at radius 2 is 1.38 bits per heavy atom. The van der Waals surface area contributed by atoms with Crippen LogP contribution < -0.4 is 0 Å². The van der Waals surface area contributed by atoms with Crippen molar-refractivity contribution in [1.82, 2.24) is 0 Å². The van der Waals surface area contributed by atoms with Gasteiger partial charge in [-0.1, -0.05) is 13.2 Å². The van der Waals surface area contributed by atoms with E-state index in [0.29, 0.717) is 18.9 Å². The van der Waals surface area contributed by atoms with Gasteiger partial charge in [-0.25, -0.2) is 9.59 Å². The fourth-order valence-corrected chi connectivity index (χ4v) is 5.77. The Morgan fingerprint density at radius 1 is 0.872 bits per heavy atom. The molecule has 0 aliphatic heterocycles. The Bertz CT molecular complexity index is 831. The zero-order valence-electron chi connectivity index (χ0n) is 23.5. The lowest BCUT2D eigenvalue weighted by Crippen LogP contribution is -2.44. The molecule has 12 nitrogen and oxygen atoms in total. The Balaban J connectivity index is 2.59. The van der Waals surface area contributed by atoms with Gasteiger partial charge in [0.25, 0.3) is 0 Å². The Kier molecular flexibility index (Phi) is 15.2. The van der Waals surface area contributed by atoms with E-state index in [1.54, 1.807) is 21.3 Å². The molecule has 1 N–H and O–H groups in total. The zero-order chi connectivity index (χ0) is 29.6. The summed E-state index contributed by atoms with van der Waals surface area (Å²) in [5.41, 5.74) is 0.290. The third-order valence-corrected chi connectivity index (χ3v) is 9.04. The van der Waals surface area contributed by atoms with Crippen LogP contribution in [0.1, 0.15) is 52.4 Å². The predicted molar refractivity (Wildman–Crippen MR) is 140 cm³/mol. The van der Waals surface area contributed by atoms with Crippen LogP contribution in [0.4, 0.5) is 0 Å². The second-order valence-electron chi connectivity index (χ2n) is 9.48. The quantitative estimate of drug-likeness (QED) is 0.117. The maximum atomic E-state index is 12.4. The van der Waals surface area contributed by atoms with Crippen LogP contribution in [0, 0.1) is 5.92 Å². The maximum Gasteiger partial charge on any atom is 0.500 e. The topological polar surface area (TPSA) is 153 Å². The molecule has 1 saturated carbocycles. The molecule has 0 aromatic heterocycles. The molecule has 13 heteroatoms. The molecule has 0 aromatic carbocycles. The molecular weight excluding hydrogens is 532 g/mol. The van der Waals surface area contributed by atoms with Crippen LogP contribution in [0.3, 0.4) is 0 Å². The maximum absolute atomic E-state index is 12.4. The molecule has 1 aliphatic carbocycles. The monoisotopic (exact) mass is 574 g/mol. The Hall–Kier alpha value is -2.58. The molecule has 3 unspecified atom stereocenters. The van der Waals surface area contributed by atoms with Crippen LogP contribution in [0.5, 0.6) is 0 Å². The molecule has 0 saturated heterocycles. The molecule has 1 fully saturated rings. The van der Waals surface area contributed by atoms with Crippen molar-refractivity contribution >= 4 is 32.7 Å². The summed E-state index contributed by atoms with van der Waals surface area (Å²) in [6.45, 7) is 9.09. The molecule has 0 heterocycles. The van der Waals surface area contributed by atoms with Gasteiger partial charge in [-0.15, -0.1) is 0 Å². The molecule has 3 atom stereocenters. The highest BCUT2D eigenvalue weighted by Crippen LogP contribution is 2.32. The normalized spacial score (nSPS) is 19.2. The van der Waals surface area contributed by atoms with Crippen molar-refractivity contribution in [2.75, 3.05) is 34.5 Å². The summed E-state index contributed by atoms with van der Waals surface area (Å²) in [5.74, 6) is -2.67. The molecule has 1 rings (SSSR count). The summed E-state index contributed by atoms with van der Waals surface area (Å²) >= 11 is 0. The molecule has 39 heavy (non-hydrogen) atoms. The van der Waals surface area contributed by atoms with E-state index in [9.17, 15) is 24.3 Å². The van der Waals surface area contributed by atoms with Crippen molar-refractivity contribution in [2.45, 2.75) is 76.7 Å². The van der Waals surface area contributed by atoms with Gasteiger partial charge >= 0.3 is 32.7 Å². The van der Waals surface area contributed by atoms with E-state index in [4.69, 9.17) is 32.2 Å². The number of carbonyl (C=O) groups is 4. The minimum absolute atomic E-state index is 0.145. The summed E-state index contributed by atoms with van der Waals surface area (Å²) in [7, 11) is 1.91. The standard InChI is InChI=1S/C26H42O12Si/c1-17(2)25(30)35-15-20(16-36-26(31)18(3)4)37-23(28)10-11-24(29)38-22-14-19(8-9-21(22)27)12-13-39(32-5,33-6)34-7/h19-22,27H,1,3,8-16H2,2,4-7H3. The molecular formula is C26H42O12Si. The van der Waals surface area contributed by atoms with Crippen LogP contribution in [-0.4, -0.2) is 90.6 Å². The number of aliphatic hydroxyl groups excluding tert-OH is 1. The summed E-state index contributed by atoms with van der Waals surface area (Å²) in [5, 5.41) is 10.4. The number of hydrogen-bond acceptors (Lipinski definition) is 12. The molecule has 0 aromatic rings. The van der Waals surface area contributed by atoms with Crippen molar-refractivity contribution in [3.8, 4) is 0 Å². The second-order valence-corrected chi connectivity index (χ2v) is 12.6. The first-order valence-corrected chi connectivity index (χ1v) is 14.7. The average Bonchev–Trinajstić information content (AvgIpc) is 2.91. The average molecular weight is 575 g/mol. The second kappa shape index (κ2) is 17.2. The lowest BCUT2D eigenvalue weighted by Gasteiger charge is -2.34. The van der Waals surface area contributed by atoms with Crippen LogP contribution in [0.25, 0.3) is 0 Å². The van der Waals surface area contributed by atoms with Crippen molar-refractivity contribution in [3.63, 3.8) is 0 Å². The summed E-state index contributed by atoms with van der Waals surface area (Å²) in [6, 6.07) is 0.592. The van der Waals surface area contributed by atoms with E-state index >= 15 is 0 Å². The van der Waals surface area contributed by atoms with E-state index in [1.807, 2.05) is 0 Å². The molecule has 0 spiro atoms. The Labute approximate surface area is 230 Å². The lowest BCUT2D eigenvalue weighted by molar-refractivity contribution is -0.167. The van der Waals surface area contributed by atoms with Crippen molar-refractivity contribution < 1.29 is 56.5 Å². The summed E-state index contributed by atoms with van der Waals surface area (Å²) < 4.78 is 37.1. The minimum Gasteiger partial charge on any atom is -0.460 e. The van der Waals surface area contributed by atoms with E-state index in [-0.39, 0.29) is 43.1 Å². The number of carbonyl (C=O) groups excluding carboxylic acids is 4. The van der Waals surface area contributed by atoms with E-state index in [0.717, 1.165) is 12.8 Å². The smallest absolute Gasteiger partial charge is 0.460 e. The molecule has 0 amide bonds.